The number of rotatable bonds is 12. The van der Waals surface area contributed by atoms with Gasteiger partial charge in [0.15, 0.2) is 5.43 Å². The van der Waals surface area contributed by atoms with Crippen LogP contribution < -0.4 is 10.2 Å². The zero-order valence-electron chi connectivity index (χ0n) is 17.1. The van der Waals surface area contributed by atoms with Gasteiger partial charge >= 0.3 is 0 Å². The summed E-state index contributed by atoms with van der Waals surface area (Å²) in [5.41, 5.74) is 1.25. The summed E-state index contributed by atoms with van der Waals surface area (Å²) in [7, 11) is -3.43. The van der Waals surface area contributed by atoms with Crippen molar-refractivity contribution in [3.8, 4) is 17.1 Å². The summed E-state index contributed by atoms with van der Waals surface area (Å²) in [6.45, 7) is 1.60. The lowest BCUT2D eigenvalue weighted by atomic mass is 10.1. The Morgan fingerprint density at radius 3 is 2.19 bits per heavy atom. The van der Waals surface area contributed by atoms with Gasteiger partial charge < -0.3 is 18.6 Å². The second kappa shape index (κ2) is 11.1. The molecule has 0 fully saturated rings. The fourth-order valence-electron chi connectivity index (χ4n) is 2.75. The first-order valence-electron chi connectivity index (χ1n) is 9.68. The molecule has 3 aromatic rings. The number of fused-ring (bicyclic) bond motifs is 1. The molecule has 0 saturated heterocycles. The molecule has 8 nitrogen and oxygen atoms in total. The smallest absolute Gasteiger partial charge is 0.264 e. The van der Waals surface area contributed by atoms with Crippen molar-refractivity contribution in [1.29, 1.82) is 0 Å². The average molecular weight is 448 g/mol. The van der Waals surface area contributed by atoms with E-state index in [0.717, 1.165) is 11.8 Å². The third-order valence-corrected chi connectivity index (χ3v) is 4.76. The van der Waals surface area contributed by atoms with E-state index in [0.29, 0.717) is 48.9 Å². The minimum atomic E-state index is -3.43. The van der Waals surface area contributed by atoms with Gasteiger partial charge in [0.1, 0.15) is 23.7 Å². The molecule has 0 amide bonds. The van der Waals surface area contributed by atoms with Crippen LogP contribution in [0.15, 0.2) is 63.8 Å². The van der Waals surface area contributed by atoms with E-state index in [4.69, 9.17) is 18.6 Å². The van der Waals surface area contributed by atoms with E-state index in [9.17, 15) is 13.2 Å². The zero-order chi connectivity index (χ0) is 22.1. The Bertz CT molecular complexity index is 1140. The Balaban J connectivity index is 1.37. The number of benzene rings is 2. The van der Waals surface area contributed by atoms with Gasteiger partial charge in [0.25, 0.3) is 10.1 Å². The first-order valence-corrected chi connectivity index (χ1v) is 11.5. The van der Waals surface area contributed by atoms with Crippen molar-refractivity contribution in [2.45, 2.75) is 0 Å². The number of hydrogen-bond donors (Lipinski definition) is 0. The molecule has 1 heterocycles. The van der Waals surface area contributed by atoms with Crippen LogP contribution in [0.4, 0.5) is 0 Å². The summed E-state index contributed by atoms with van der Waals surface area (Å²) in [4.78, 5) is 12.2. The van der Waals surface area contributed by atoms with Crippen LogP contribution in [-0.2, 0) is 23.8 Å². The first kappa shape index (κ1) is 23.0. The van der Waals surface area contributed by atoms with E-state index < -0.39 is 10.1 Å². The van der Waals surface area contributed by atoms with Gasteiger partial charge in [-0.3, -0.25) is 8.98 Å². The van der Waals surface area contributed by atoms with Crippen molar-refractivity contribution >= 4 is 21.1 Å². The molecule has 0 N–H and O–H groups in total. The van der Waals surface area contributed by atoms with Crippen molar-refractivity contribution < 1.29 is 31.2 Å². The number of ether oxygens (including phenoxy) is 3. The fraction of sp³-hybridized carbons (Fsp3) is 0.318. The Hall–Kier alpha value is -2.72. The Kier molecular flexibility index (Phi) is 8.19. The molecule has 0 unspecified atom stereocenters. The van der Waals surface area contributed by atoms with Gasteiger partial charge in [-0.15, -0.1) is 0 Å². The number of hydrogen-bond acceptors (Lipinski definition) is 8. The Labute approximate surface area is 180 Å². The molecule has 3 rings (SSSR count). The molecule has 31 heavy (non-hydrogen) atoms. The highest BCUT2D eigenvalue weighted by molar-refractivity contribution is 7.85. The van der Waals surface area contributed by atoms with Crippen LogP contribution >= 0.6 is 0 Å². The lowest BCUT2D eigenvalue weighted by molar-refractivity contribution is 0.0280. The third-order valence-electron chi connectivity index (χ3n) is 4.17. The van der Waals surface area contributed by atoms with Crippen LogP contribution in [0.25, 0.3) is 22.3 Å². The molecule has 0 aliphatic rings. The van der Waals surface area contributed by atoms with Crippen LogP contribution in [-0.4, -0.2) is 54.3 Å². The zero-order valence-corrected chi connectivity index (χ0v) is 17.9. The molecule has 0 spiro atoms. The fourth-order valence-corrected chi connectivity index (χ4v) is 3.12. The maximum atomic E-state index is 12.2. The van der Waals surface area contributed by atoms with Crippen LogP contribution in [0.3, 0.4) is 0 Å². The van der Waals surface area contributed by atoms with Gasteiger partial charge in [0.05, 0.1) is 44.7 Å². The lowest BCUT2D eigenvalue weighted by Crippen LogP contribution is -2.14. The molecule has 2 aromatic carbocycles. The molecule has 1 aromatic heterocycles. The molecule has 0 radical (unpaired) electrons. The highest BCUT2D eigenvalue weighted by atomic mass is 32.2. The predicted molar refractivity (Wildman–Crippen MR) is 116 cm³/mol. The van der Waals surface area contributed by atoms with Gasteiger partial charge in [-0.25, -0.2) is 0 Å². The second-order valence-electron chi connectivity index (χ2n) is 6.59. The van der Waals surface area contributed by atoms with Crippen LogP contribution in [0.1, 0.15) is 0 Å². The molecule has 0 aliphatic carbocycles. The van der Waals surface area contributed by atoms with Crippen molar-refractivity contribution in [1.82, 2.24) is 0 Å². The van der Waals surface area contributed by atoms with Gasteiger partial charge in [0.2, 0.25) is 0 Å². The molecule has 0 saturated carbocycles. The quantitative estimate of drug-likeness (QED) is 0.308. The lowest BCUT2D eigenvalue weighted by Gasteiger charge is -2.09. The Morgan fingerprint density at radius 2 is 1.48 bits per heavy atom. The summed E-state index contributed by atoms with van der Waals surface area (Å²) in [6, 6.07) is 15.9. The van der Waals surface area contributed by atoms with E-state index in [-0.39, 0.29) is 18.6 Å². The standard InChI is InChI=1S/C22H24O8S/c1-31(24,25)29-15-13-27-11-10-26-12-14-28-18-8-6-17(7-9-18)22-16-20(23)19-4-2-3-5-21(19)30-22/h2-9,16H,10-15H2,1H3. The highest BCUT2D eigenvalue weighted by Gasteiger charge is 2.07. The summed E-state index contributed by atoms with van der Waals surface area (Å²) in [5, 5.41) is 0.554. The summed E-state index contributed by atoms with van der Waals surface area (Å²) >= 11 is 0. The van der Waals surface area contributed by atoms with Gasteiger partial charge in [-0.2, -0.15) is 8.42 Å². The van der Waals surface area contributed by atoms with Crippen molar-refractivity contribution in [3.05, 3.63) is 64.8 Å². The van der Waals surface area contributed by atoms with E-state index in [1.807, 2.05) is 18.2 Å². The average Bonchev–Trinajstić information content (AvgIpc) is 2.75. The Morgan fingerprint density at radius 1 is 0.839 bits per heavy atom. The maximum Gasteiger partial charge on any atom is 0.264 e. The van der Waals surface area contributed by atoms with E-state index in [1.54, 1.807) is 30.3 Å². The molecule has 0 atom stereocenters. The van der Waals surface area contributed by atoms with Crippen molar-refractivity contribution in [2.75, 3.05) is 45.9 Å². The van der Waals surface area contributed by atoms with Crippen molar-refractivity contribution in [3.63, 3.8) is 0 Å². The highest BCUT2D eigenvalue weighted by Crippen LogP contribution is 2.24. The van der Waals surface area contributed by atoms with E-state index in [2.05, 4.69) is 4.18 Å². The summed E-state index contributed by atoms with van der Waals surface area (Å²) < 4.78 is 48.1. The molecule has 0 bridgehead atoms. The third kappa shape index (κ3) is 7.48. The molecular weight excluding hydrogens is 424 g/mol. The monoisotopic (exact) mass is 448 g/mol. The first-order chi connectivity index (χ1) is 14.9. The topological polar surface area (TPSA) is 101 Å². The summed E-state index contributed by atoms with van der Waals surface area (Å²) in [6.07, 6.45) is 0.991. The van der Waals surface area contributed by atoms with E-state index >= 15 is 0 Å². The minimum Gasteiger partial charge on any atom is -0.491 e. The van der Waals surface area contributed by atoms with Gasteiger partial charge in [-0.05, 0) is 36.4 Å². The predicted octanol–water partition coefficient (Wildman–Crippen LogP) is 2.85. The SMILES string of the molecule is CS(=O)(=O)OCCOCCOCCOc1ccc(-c2cc(=O)c3ccccc3o2)cc1. The molecule has 9 heteroatoms. The van der Waals surface area contributed by atoms with Gasteiger partial charge in [-0.1, -0.05) is 12.1 Å². The van der Waals surface area contributed by atoms with Gasteiger partial charge in [0, 0.05) is 11.6 Å². The minimum absolute atomic E-state index is 0.0133. The largest absolute Gasteiger partial charge is 0.491 e. The number of para-hydroxylation sites is 1. The second-order valence-corrected chi connectivity index (χ2v) is 8.24. The van der Waals surface area contributed by atoms with Crippen LogP contribution in [0.2, 0.25) is 0 Å². The molecular formula is C22H24O8S. The van der Waals surface area contributed by atoms with Crippen molar-refractivity contribution in [2.24, 2.45) is 0 Å². The maximum absolute atomic E-state index is 12.2. The molecule has 166 valence electrons. The van der Waals surface area contributed by atoms with Crippen LogP contribution in [0, 0.1) is 0 Å². The summed E-state index contributed by atoms with van der Waals surface area (Å²) in [5.74, 6) is 1.17. The van der Waals surface area contributed by atoms with E-state index in [1.165, 1.54) is 6.07 Å². The normalized spacial score (nSPS) is 11.6. The molecule has 0 aliphatic heterocycles. The van der Waals surface area contributed by atoms with Crippen LogP contribution in [0.5, 0.6) is 5.75 Å².